The van der Waals surface area contributed by atoms with Gasteiger partial charge in [-0.2, -0.15) is 13.2 Å². The van der Waals surface area contributed by atoms with Crippen LogP contribution < -0.4 is 0 Å². The quantitative estimate of drug-likeness (QED) is 0.805. The standard InChI is InChI=1S/C9H5F5O2/c10-7(11)6-3-4(9(12,13)14)1-2-5(6)8(15)16/h1-3,7H,(H,15,16). The van der Waals surface area contributed by atoms with Crippen molar-refractivity contribution in [2.24, 2.45) is 0 Å². The van der Waals surface area contributed by atoms with Crippen LogP contribution in [0.25, 0.3) is 0 Å². The van der Waals surface area contributed by atoms with Crippen molar-refractivity contribution in [1.29, 1.82) is 0 Å². The highest BCUT2D eigenvalue weighted by Crippen LogP contribution is 2.33. The zero-order valence-electron chi connectivity index (χ0n) is 7.55. The van der Waals surface area contributed by atoms with Crippen LogP contribution in [0.2, 0.25) is 0 Å². The van der Waals surface area contributed by atoms with Crippen LogP contribution in [0.1, 0.15) is 27.9 Å². The van der Waals surface area contributed by atoms with Gasteiger partial charge in [-0.15, -0.1) is 0 Å². The number of benzene rings is 1. The number of hydrogen-bond donors (Lipinski definition) is 1. The van der Waals surface area contributed by atoms with Crippen molar-refractivity contribution in [2.45, 2.75) is 12.6 Å². The number of carboxylic acid groups (broad SMARTS) is 1. The molecule has 2 nitrogen and oxygen atoms in total. The van der Waals surface area contributed by atoms with Gasteiger partial charge in [-0.25, -0.2) is 13.6 Å². The number of aromatic carboxylic acids is 1. The van der Waals surface area contributed by atoms with E-state index in [-0.39, 0.29) is 6.07 Å². The molecule has 7 heteroatoms. The number of carboxylic acids is 1. The monoisotopic (exact) mass is 240 g/mol. The van der Waals surface area contributed by atoms with Gasteiger partial charge >= 0.3 is 12.1 Å². The summed E-state index contributed by atoms with van der Waals surface area (Å²) < 4.78 is 61.2. The van der Waals surface area contributed by atoms with E-state index in [9.17, 15) is 26.7 Å². The largest absolute Gasteiger partial charge is 0.478 e. The van der Waals surface area contributed by atoms with E-state index in [0.29, 0.717) is 12.1 Å². The lowest BCUT2D eigenvalue weighted by Crippen LogP contribution is -2.09. The van der Waals surface area contributed by atoms with E-state index in [1.54, 1.807) is 0 Å². The Labute approximate surface area is 86.3 Å². The molecule has 1 aromatic rings. The normalized spacial score (nSPS) is 11.9. The Morgan fingerprint density at radius 2 is 1.81 bits per heavy atom. The second-order valence-corrected chi connectivity index (χ2v) is 2.91. The molecule has 1 rings (SSSR count). The van der Waals surface area contributed by atoms with Gasteiger partial charge < -0.3 is 5.11 Å². The Kier molecular flexibility index (Phi) is 3.16. The van der Waals surface area contributed by atoms with Gasteiger partial charge in [0, 0.05) is 5.56 Å². The van der Waals surface area contributed by atoms with Crippen LogP contribution in [-0.4, -0.2) is 11.1 Å². The Hall–Kier alpha value is -1.66. The first kappa shape index (κ1) is 12.4. The molecule has 0 aliphatic rings. The molecule has 1 N–H and O–H groups in total. The lowest BCUT2D eigenvalue weighted by Gasteiger charge is -2.10. The predicted octanol–water partition coefficient (Wildman–Crippen LogP) is 3.34. The zero-order valence-corrected chi connectivity index (χ0v) is 7.55. The van der Waals surface area contributed by atoms with E-state index >= 15 is 0 Å². The molecule has 0 heterocycles. The van der Waals surface area contributed by atoms with Crippen molar-refractivity contribution in [3.05, 3.63) is 34.9 Å². The smallest absolute Gasteiger partial charge is 0.416 e. The summed E-state index contributed by atoms with van der Waals surface area (Å²) in [6, 6.07) is 1.12. The van der Waals surface area contributed by atoms with E-state index in [1.807, 2.05) is 0 Å². The first-order valence-electron chi connectivity index (χ1n) is 3.96. The molecule has 0 aliphatic heterocycles. The van der Waals surface area contributed by atoms with Crippen molar-refractivity contribution in [3.63, 3.8) is 0 Å². The molecule has 0 aromatic heterocycles. The van der Waals surface area contributed by atoms with E-state index in [2.05, 4.69) is 0 Å². The second-order valence-electron chi connectivity index (χ2n) is 2.91. The minimum atomic E-state index is -4.78. The molecule has 0 amide bonds. The van der Waals surface area contributed by atoms with Crippen LogP contribution in [0, 0.1) is 0 Å². The zero-order chi connectivity index (χ0) is 12.5. The molecule has 0 spiro atoms. The van der Waals surface area contributed by atoms with E-state index < -0.39 is 35.3 Å². The first-order chi connectivity index (χ1) is 7.23. The molecule has 0 bridgehead atoms. The fraction of sp³-hybridized carbons (Fsp3) is 0.222. The number of rotatable bonds is 2. The van der Waals surface area contributed by atoms with Gasteiger partial charge in [0.2, 0.25) is 0 Å². The maximum atomic E-state index is 12.3. The van der Waals surface area contributed by atoms with Crippen molar-refractivity contribution in [2.75, 3.05) is 0 Å². The number of alkyl halides is 5. The van der Waals surface area contributed by atoms with Gasteiger partial charge in [0.15, 0.2) is 0 Å². The minimum Gasteiger partial charge on any atom is -0.478 e. The van der Waals surface area contributed by atoms with Crippen LogP contribution in [-0.2, 0) is 6.18 Å². The molecule has 0 unspecified atom stereocenters. The molecule has 0 fully saturated rings. The highest BCUT2D eigenvalue weighted by atomic mass is 19.4. The summed E-state index contributed by atoms with van der Waals surface area (Å²) >= 11 is 0. The fourth-order valence-corrected chi connectivity index (χ4v) is 1.11. The van der Waals surface area contributed by atoms with Crippen LogP contribution >= 0.6 is 0 Å². The average Bonchev–Trinajstić information content (AvgIpc) is 2.15. The summed E-state index contributed by atoms with van der Waals surface area (Å²) in [4.78, 5) is 10.5. The highest BCUT2D eigenvalue weighted by Gasteiger charge is 2.32. The summed E-state index contributed by atoms with van der Waals surface area (Å²) in [5.41, 5.74) is -3.27. The van der Waals surface area contributed by atoms with E-state index in [1.165, 1.54) is 0 Å². The van der Waals surface area contributed by atoms with Crippen LogP contribution in [0.5, 0.6) is 0 Å². The maximum Gasteiger partial charge on any atom is 0.416 e. The Morgan fingerprint density at radius 1 is 1.25 bits per heavy atom. The van der Waals surface area contributed by atoms with Gasteiger partial charge in [-0.3, -0.25) is 0 Å². The second kappa shape index (κ2) is 4.07. The third-order valence-electron chi connectivity index (χ3n) is 1.84. The van der Waals surface area contributed by atoms with Crippen molar-refractivity contribution in [1.82, 2.24) is 0 Å². The Bertz CT molecular complexity index is 411. The number of hydrogen-bond acceptors (Lipinski definition) is 1. The molecule has 16 heavy (non-hydrogen) atoms. The SMILES string of the molecule is O=C(O)c1ccc(C(F)(F)F)cc1C(F)F. The Morgan fingerprint density at radius 3 is 2.19 bits per heavy atom. The van der Waals surface area contributed by atoms with Gasteiger partial charge in [-0.05, 0) is 18.2 Å². The lowest BCUT2D eigenvalue weighted by molar-refractivity contribution is -0.137. The third kappa shape index (κ3) is 2.47. The van der Waals surface area contributed by atoms with Crippen molar-refractivity contribution >= 4 is 5.97 Å². The van der Waals surface area contributed by atoms with E-state index in [4.69, 9.17) is 5.11 Å². The predicted molar refractivity (Wildman–Crippen MR) is 43.4 cm³/mol. The first-order valence-corrected chi connectivity index (χ1v) is 3.96. The molecule has 0 saturated carbocycles. The molecular weight excluding hydrogens is 235 g/mol. The van der Waals surface area contributed by atoms with Crippen molar-refractivity contribution in [3.8, 4) is 0 Å². The lowest BCUT2D eigenvalue weighted by atomic mass is 10.0. The van der Waals surface area contributed by atoms with Gasteiger partial charge in [0.1, 0.15) is 0 Å². The van der Waals surface area contributed by atoms with Gasteiger partial charge in [0.25, 0.3) is 6.43 Å². The van der Waals surface area contributed by atoms with Gasteiger partial charge in [-0.1, -0.05) is 0 Å². The summed E-state index contributed by atoms with van der Waals surface area (Å²) in [6.45, 7) is 0. The average molecular weight is 240 g/mol. The minimum absolute atomic E-state index is 0.147. The third-order valence-corrected chi connectivity index (χ3v) is 1.84. The summed E-state index contributed by atoms with van der Waals surface area (Å²) in [5.74, 6) is -1.69. The van der Waals surface area contributed by atoms with E-state index in [0.717, 1.165) is 0 Å². The summed E-state index contributed by atoms with van der Waals surface area (Å²) in [6.07, 6.45) is -8.05. The molecule has 0 saturated heterocycles. The Balaban J connectivity index is 3.34. The maximum absolute atomic E-state index is 12.3. The highest BCUT2D eigenvalue weighted by molar-refractivity contribution is 5.89. The van der Waals surface area contributed by atoms with Crippen LogP contribution in [0.4, 0.5) is 22.0 Å². The fourth-order valence-electron chi connectivity index (χ4n) is 1.11. The summed E-state index contributed by atoms with van der Waals surface area (Å²) in [7, 11) is 0. The topological polar surface area (TPSA) is 37.3 Å². The number of carbonyl (C=O) groups is 1. The van der Waals surface area contributed by atoms with Crippen LogP contribution in [0.3, 0.4) is 0 Å². The van der Waals surface area contributed by atoms with Crippen LogP contribution in [0.15, 0.2) is 18.2 Å². The van der Waals surface area contributed by atoms with Gasteiger partial charge in [0.05, 0.1) is 11.1 Å². The molecule has 0 aliphatic carbocycles. The number of halogens is 5. The van der Waals surface area contributed by atoms with Crippen molar-refractivity contribution < 1.29 is 31.9 Å². The molecular formula is C9H5F5O2. The molecule has 1 aromatic carbocycles. The molecule has 0 atom stereocenters. The summed E-state index contributed by atoms with van der Waals surface area (Å²) in [5, 5.41) is 8.49. The molecule has 88 valence electrons. The molecule has 0 radical (unpaired) electrons.